The van der Waals surface area contributed by atoms with Crippen molar-refractivity contribution in [3.8, 4) is 5.75 Å². The molecule has 100 valence electrons. The molecule has 0 heterocycles. The second-order valence-corrected chi connectivity index (χ2v) is 4.76. The lowest BCUT2D eigenvalue weighted by Gasteiger charge is -2.12. The summed E-state index contributed by atoms with van der Waals surface area (Å²) in [4.78, 5) is 11.7. The van der Waals surface area contributed by atoms with Crippen molar-refractivity contribution in [1.82, 2.24) is 5.32 Å². The predicted molar refractivity (Wildman–Crippen MR) is 68.2 cm³/mol. The minimum Gasteiger partial charge on any atom is -0.491 e. The fraction of sp³-hybridized carbons (Fsp3) is 0.417. The number of hydrogen-bond donors (Lipinski definition) is 1. The number of ether oxygens (including phenoxy) is 1. The van der Waals surface area contributed by atoms with Crippen molar-refractivity contribution >= 4 is 21.8 Å². The number of halogens is 3. The van der Waals surface area contributed by atoms with Gasteiger partial charge in [0.2, 0.25) is 0 Å². The first-order valence-electron chi connectivity index (χ1n) is 5.42. The Bertz CT molecular complexity index is 425. The Morgan fingerprint density at radius 1 is 1.44 bits per heavy atom. The van der Waals surface area contributed by atoms with E-state index in [9.17, 15) is 13.6 Å². The van der Waals surface area contributed by atoms with Crippen LogP contribution in [0.25, 0.3) is 0 Å². The second kappa shape index (κ2) is 6.68. The van der Waals surface area contributed by atoms with Crippen LogP contribution in [0.3, 0.4) is 0 Å². The van der Waals surface area contributed by atoms with E-state index < -0.39 is 18.9 Å². The van der Waals surface area contributed by atoms with Gasteiger partial charge in [-0.3, -0.25) is 4.79 Å². The van der Waals surface area contributed by atoms with Gasteiger partial charge in [-0.1, -0.05) is 0 Å². The van der Waals surface area contributed by atoms with E-state index in [4.69, 9.17) is 4.74 Å². The number of rotatable bonds is 5. The Hall–Kier alpha value is -1.17. The zero-order chi connectivity index (χ0) is 13.7. The lowest BCUT2D eigenvalue weighted by molar-refractivity contribution is 0.0890. The van der Waals surface area contributed by atoms with Gasteiger partial charge in [0, 0.05) is 4.47 Å². The van der Waals surface area contributed by atoms with E-state index in [1.54, 1.807) is 12.1 Å². The molecule has 0 fully saturated rings. The molecule has 0 saturated carbocycles. The highest BCUT2D eigenvalue weighted by Crippen LogP contribution is 2.23. The van der Waals surface area contributed by atoms with E-state index in [0.717, 1.165) is 0 Å². The van der Waals surface area contributed by atoms with Crippen LogP contribution in [-0.4, -0.2) is 25.0 Å². The summed E-state index contributed by atoms with van der Waals surface area (Å²) in [5.41, 5.74) is 0.272. The summed E-state index contributed by atoms with van der Waals surface area (Å²) in [6.45, 7) is 3.05. The summed E-state index contributed by atoms with van der Waals surface area (Å²) in [6, 6.07) is 4.87. The van der Waals surface area contributed by atoms with Crippen molar-refractivity contribution in [3.05, 3.63) is 28.2 Å². The van der Waals surface area contributed by atoms with Gasteiger partial charge in [0.15, 0.2) is 0 Å². The summed E-state index contributed by atoms with van der Waals surface area (Å²) < 4.78 is 30.0. The maximum atomic E-state index is 12.0. The molecule has 18 heavy (non-hydrogen) atoms. The molecule has 0 aliphatic carbocycles. The average molecular weight is 322 g/mol. The van der Waals surface area contributed by atoms with Gasteiger partial charge in [0.05, 0.1) is 18.2 Å². The Kier molecular flexibility index (Phi) is 5.53. The fourth-order valence-corrected chi connectivity index (χ4v) is 1.72. The van der Waals surface area contributed by atoms with Crippen LogP contribution in [0, 0.1) is 0 Å². The fourth-order valence-electron chi connectivity index (χ4n) is 1.29. The van der Waals surface area contributed by atoms with E-state index in [0.29, 0.717) is 10.2 Å². The normalized spacial score (nSPS) is 10.8. The van der Waals surface area contributed by atoms with Gasteiger partial charge in [-0.05, 0) is 48.0 Å². The van der Waals surface area contributed by atoms with Crippen molar-refractivity contribution in [2.75, 3.05) is 6.54 Å². The molecular weight excluding hydrogens is 308 g/mol. The third-order valence-corrected chi connectivity index (χ3v) is 2.66. The number of benzene rings is 1. The average Bonchev–Trinajstić information content (AvgIpc) is 2.28. The molecule has 0 aliphatic heterocycles. The number of alkyl halides is 2. The first kappa shape index (κ1) is 14.9. The number of carbonyl (C=O) groups excluding carboxylic acids is 1. The highest BCUT2D eigenvalue weighted by molar-refractivity contribution is 9.10. The minimum atomic E-state index is -2.57. The van der Waals surface area contributed by atoms with Crippen molar-refractivity contribution in [1.29, 1.82) is 0 Å². The van der Waals surface area contributed by atoms with Crippen LogP contribution in [0.5, 0.6) is 5.75 Å². The van der Waals surface area contributed by atoms with E-state index in [2.05, 4.69) is 21.2 Å². The first-order valence-corrected chi connectivity index (χ1v) is 6.22. The minimum absolute atomic E-state index is 0.0249. The van der Waals surface area contributed by atoms with Gasteiger partial charge >= 0.3 is 0 Å². The van der Waals surface area contributed by atoms with Gasteiger partial charge in [-0.2, -0.15) is 0 Å². The highest BCUT2D eigenvalue weighted by atomic mass is 79.9. The molecule has 0 saturated heterocycles. The Balaban J connectivity index is 2.83. The maximum Gasteiger partial charge on any atom is 0.255 e. The molecule has 3 nitrogen and oxygen atoms in total. The molecule has 1 N–H and O–H groups in total. The molecule has 0 aliphatic rings. The quantitative estimate of drug-likeness (QED) is 0.904. The molecule has 0 aromatic heterocycles. The molecule has 0 atom stereocenters. The summed E-state index contributed by atoms with van der Waals surface area (Å²) >= 11 is 3.20. The number of carbonyl (C=O) groups is 1. The van der Waals surface area contributed by atoms with Crippen LogP contribution >= 0.6 is 15.9 Å². The zero-order valence-corrected chi connectivity index (χ0v) is 11.6. The van der Waals surface area contributed by atoms with Crippen molar-refractivity contribution in [2.24, 2.45) is 0 Å². The third-order valence-electron chi connectivity index (χ3n) is 1.97. The van der Waals surface area contributed by atoms with E-state index >= 15 is 0 Å². The van der Waals surface area contributed by atoms with E-state index in [1.165, 1.54) is 6.07 Å². The topological polar surface area (TPSA) is 38.3 Å². The molecule has 6 heteroatoms. The molecule has 0 bridgehead atoms. The molecular formula is C12H14BrF2NO2. The molecule has 1 aromatic carbocycles. The van der Waals surface area contributed by atoms with Gasteiger partial charge in [-0.25, -0.2) is 8.78 Å². The Morgan fingerprint density at radius 3 is 2.67 bits per heavy atom. The van der Waals surface area contributed by atoms with Crippen LogP contribution in [0.15, 0.2) is 22.7 Å². The van der Waals surface area contributed by atoms with Crippen molar-refractivity contribution in [3.63, 3.8) is 0 Å². The summed E-state index contributed by atoms with van der Waals surface area (Å²) in [5, 5.41) is 2.15. The Labute approximate surface area is 113 Å². The number of nitrogens with one attached hydrogen (secondary N) is 1. The molecule has 0 radical (unpaired) electrons. The maximum absolute atomic E-state index is 12.0. The number of amides is 1. The standard InChI is InChI=1S/C12H14BrF2NO2/c1-7(2)18-8-3-4-10(13)9(5-8)12(17)16-6-11(14)15/h3-5,7,11H,6H2,1-2H3,(H,16,17). The van der Waals surface area contributed by atoms with Gasteiger partial charge in [0.25, 0.3) is 12.3 Å². The zero-order valence-electron chi connectivity index (χ0n) is 10.0. The SMILES string of the molecule is CC(C)Oc1ccc(Br)c(C(=O)NCC(F)F)c1. The summed E-state index contributed by atoms with van der Waals surface area (Å²) in [6.07, 6.45) is -2.59. The van der Waals surface area contributed by atoms with Crippen molar-refractivity contribution in [2.45, 2.75) is 26.4 Å². The lowest BCUT2D eigenvalue weighted by atomic mass is 10.2. The van der Waals surface area contributed by atoms with Gasteiger partial charge in [0.1, 0.15) is 5.75 Å². The smallest absolute Gasteiger partial charge is 0.255 e. The van der Waals surface area contributed by atoms with Crippen LogP contribution in [0.4, 0.5) is 8.78 Å². The molecule has 1 rings (SSSR count). The first-order chi connectivity index (χ1) is 8.40. The van der Waals surface area contributed by atoms with E-state index in [1.807, 2.05) is 13.8 Å². The lowest BCUT2D eigenvalue weighted by Crippen LogP contribution is -2.28. The molecule has 1 amide bonds. The number of hydrogen-bond acceptors (Lipinski definition) is 2. The van der Waals surface area contributed by atoms with Crippen LogP contribution in [0.1, 0.15) is 24.2 Å². The largest absolute Gasteiger partial charge is 0.491 e. The molecule has 1 aromatic rings. The van der Waals surface area contributed by atoms with Gasteiger partial charge < -0.3 is 10.1 Å². The molecule has 0 unspecified atom stereocenters. The van der Waals surface area contributed by atoms with Crippen LogP contribution in [-0.2, 0) is 0 Å². The van der Waals surface area contributed by atoms with Gasteiger partial charge in [-0.15, -0.1) is 0 Å². The third kappa shape index (κ3) is 4.60. The van der Waals surface area contributed by atoms with Crippen LogP contribution in [0.2, 0.25) is 0 Å². The highest BCUT2D eigenvalue weighted by Gasteiger charge is 2.13. The summed E-state index contributed by atoms with van der Waals surface area (Å²) in [7, 11) is 0. The second-order valence-electron chi connectivity index (χ2n) is 3.91. The predicted octanol–water partition coefficient (Wildman–Crippen LogP) is 3.23. The van der Waals surface area contributed by atoms with Crippen molar-refractivity contribution < 1.29 is 18.3 Å². The molecule has 0 spiro atoms. The van der Waals surface area contributed by atoms with Crippen LogP contribution < -0.4 is 10.1 Å². The summed E-state index contributed by atoms with van der Waals surface area (Å²) in [5.74, 6) is -0.0354. The Morgan fingerprint density at radius 2 is 2.11 bits per heavy atom. The monoisotopic (exact) mass is 321 g/mol. The van der Waals surface area contributed by atoms with E-state index in [-0.39, 0.29) is 11.7 Å².